The average molecular weight is 343 g/mol. The SMILES string of the molecule is COCCC(C)NC(=O)Nc1ccc(S(=O)(=O)NC(C)C)cc1. The second kappa shape index (κ2) is 8.85. The number of nitrogens with one attached hydrogen (secondary N) is 3. The van der Waals surface area contributed by atoms with Crippen molar-refractivity contribution in [2.75, 3.05) is 19.0 Å². The minimum absolute atomic E-state index is 0.0233. The van der Waals surface area contributed by atoms with Gasteiger partial charge in [-0.25, -0.2) is 17.9 Å². The summed E-state index contributed by atoms with van der Waals surface area (Å²) in [5.41, 5.74) is 0.518. The minimum Gasteiger partial charge on any atom is -0.385 e. The number of ether oxygens (including phenoxy) is 1. The molecular weight excluding hydrogens is 318 g/mol. The molecule has 130 valence electrons. The molecule has 2 amide bonds. The van der Waals surface area contributed by atoms with Crippen molar-refractivity contribution >= 4 is 21.7 Å². The predicted octanol–water partition coefficient (Wildman–Crippen LogP) is 1.92. The van der Waals surface area contributed by atoms with Gasteiger partial charge in [-0.15, -0.1) is 0 Å². The summed E-state index contributed by atoms with van der Waals surface area (Å²) in [5, 5.41) is 5.44. The summed E-state index contributed by atoms with van der Waals surface area (Å²) in [4.78, 5) is 12.0. The van der Waals surface area contributed by atoms with Crippen LogP contribution in [0, 0.1) is 0 Å². The van der Waals surface area contributed by atoms with Gasteiger partial charge in [-0.2, -0.15) is 0 Å². The van der Waals surface area contributed by atoms with Gasteiger partial charge in [0.1, 0.15) is 0 Å². The Morgan fingerprint density at radius 3 is 2.30 bits per heavy atom. The molecular formula is C15H25N3O4S. The molecule has 1 rings (SSSR count). The zero-order valence-corrected chi connectivity index (χ0v) is 14.7. The Kier molecular flexibility index (Phi) is 7.47. The fourth-order valence-electron chi connectivity index (χ4n) is 1.85. The maximum absolute atomic E-state index is 12.0. The third-order valence-electron chi connectivity index (χ3n) is 2.95. The van der Waals surface area contributed by atoms with Crippen molar-refractivity contribution in [3.8, 4) is 0 Å². The lowest BCUT2D eigenvalue weighted by atomic mass is 10.2. The van der Waals surface area contributed by atoms with Gasteiger partial charge in [0.25, 0.3) is 0 Å². The van der Waals surface area contributed by atoms with Crippen molar-refractivity contribution < 1.29 is 17.9 Å². The Morgan fingerprint density at radius 1 is 1.17 bits per heavy atom. The van der Waals surface area contributed by atoms with E-state index in [1.807, 2.05) is 6.92 Å². The van der Waals surface area contributed by atoms with Crippen LogP contribution in [0.5, 0.6) is 0 Å². The molecule has 1 aromatic rings. The van der Waals surface area contributed by atoms with E-state index < -0.39 is 10.0 Å². The lowest BCUT2D eigenvalue weighted by Gasteiger charge is -2.14. The van der Waals surface area contributed by atoms with E-state index in [4.69, 9.17) is 4.74 Å². The summed E-state index contributed by atoms with van der Waals surface area (Å²) >= 11 is 0. The zero-order chi connectivity index (χ0) is 17.5. The van der Waals surface area contributed by atoms with E-state index in [1.165, 1.54) is 12.1 Å². The van der Waals surface area contributed by atoms with Crippen LogP contribution in [0.2, 0.25) is 0 Å². The quantitative estimate of drug-likeness (QED) is 0.672. The van der Waals surface area contributed by atoms with Gasteiger partial charge in [0.15, 0.2) is 0 Å². The molecule has 0 aliphatic heterocycles. The van der Waals surface area contributed by atoms with Gasteiger partial charge in [0.05, 0.1) is 4.90 Å². The maximum atomic E-state index is 12.0. The number of carbonyl (C=O) groups is 1. The number of rotatable bonds is 8. The van der Waals surface area contributed by atoms with Crippen molar-refractivity contribution in [3.63, 3.8) is 0 Å². The van der Waals surface area contributed by atoms with Crippen LogP contribution in [0.15, 0.2) is 29.2 Å². The summed E-state index contributed by atoms with van der Waals surface area (Å²) < 4.78 is 31.5. The van der Waals surface area contributed by atoms with E-state index >= 15 is 0 Å². The van der Waals surface area contributed by atoms with Gasteiger partial charge in [-0.1, -0.05) is 0 Å². The molecule has 0 saturated carbocycles. The van der Waals surface area contributed by atoms with Gasteiger partial charge < -0.3 is 15.4 Å². The second-order valence-electron chi connectivity index (χ2n) is 5.58. The van der Waals surface area contributed by atoms with Gasteiger partial charge in [0, 0.05) is 31.5 Å². The van der Waals surface area contributed by atoms with Crippen LogP contribution in [-0.2, 0) is 14.8 Å². The number of hydrogen-bond acceptors (Lipinski definition) is 4. The fraction of sp³-hybridized carbons (Fsp3) is 0.533. The molecule has 0 aromatic heterocycles. The second-order valence-corrected chi connectivity index (χ2v) is 7.30. The molecule has 0 spiro atoms. The Morgan fingerprint density at radius 2 is 1.78 bits per heavy atom. The van der Waals surface area contributed by atoms with E-state index in [-0.39, 0.29) is 23.0 Å². The van der Waals surface area contributed by atoms with Gasteiger partial charge in [-0.05, 0) is 51.5 Å². The number of carbonyl (C=O) groups excluding carboxylic acids is 1. The normalized spacial score (nSPS) is 12.9. The monoisotopic (exact) mass is 343 g/mol. The van der Waals surface area contributed by atoms with Gasteiger partial charge in [-0.3, -0.25) is 0 Å². The van der Waals surface area contributed by atoms with Gasteiger partial charge >= 0.3 is 6.03 Å². The smallest absolute Gasteiger partial charge is 0.319 e. The zero-order valence-electron chi connectivity index (χ0n) is 13.9. The first-order valence-corrected chi connectivity index (χ1v) is 8.91. The van der Waals surface area contributed by atoms with Crippen LogP contribution in [0.4, 0.5) is 10.5 Å². The van der Waals surface area contributed by atoms with Gasteiger partial charge in [0.2, 0.25) is 10.0 Å². The number of benzene rings is 1. The third-order valence-corrected chi connectivity index (χ3v) is 4.62. The Balaban J connectivity index is 2.62. The first-order valence-electron chi connectivity index (χ1n) is 7.43. The molecule has 0 bridgehead atoms. The number of anilines is 1. The molecule has 0 heterocycles. The highest BCUT2D eigenvalue weighted by molar-refractivity contribution is 7.89. The van der Waals surface area contributed by atoms with Crippen LogP contribution in [0.1, 0.15) is 27.2 Å². The molecule has 8 heteroatoms. The highest BCUT2D eigenvalue weighted by Crippen LogP contribution is 2.14. The standard InChI is InChI=1S/C15H25N3O4S/c1-11(2)18-23(20,21)14-7-5-13(6-8-14)17-15(19)16-12(3)9-10-22-4/h5-8,11-12,18H,9-10H2,1-4H3,(H2,16,17,19). The van der Waals surface area contributed by atoms with E-state index in [0.717, 1.165) is 0 Å². The number of hydrogen-bond donors (Lipinski definition) is 3. The highest BCUT2D eigenvalue weighted by Gasteiger charge is 2.15. The van der Waals surface area contributed by atoms with E-state index in [9.17, 15) is 13.2 Å². The molecule has 1 aromatic carbocycles. The average Bonchev–Trinajstić information content (AvgIpc) is 2.44. The summed E-state index contributed by atoms with van der Waals surface area (Å²) in [5.74, 6) is 0. The summed E-state index contributed by atoms with van der Waals surface area (Å²) in [6, 6.07) is 5.46. The van der Waals surface area contributed by atoms with E-state index in [2.05, 4.69) is 15.4 Å². The van der Waals surface area contributed by atoms with E-state index in [0.29, 0.717) is 18.7 Å². The number of methoxy groups -OCH3 is 1. The molecule has 0 aliphatic rings. The van der Waals surface area contributed by atoms with Crippen molar-refractivity contribution in [3.05, 3.63) is 24.3 Å². The molecule has 1 atom stereocenters. The molecule has 0 fully saturated rings. The number of sulfonamides is 1. The Bertz CT molecular complexity index is 600. The van der Waals surface area contributed by atoms with Crippen molar-refractivity contribution in [2.24, 2.45) is 0 Å². The molecule has 23 heavy (non-hydrogen) atoms. The molecule has 7 nitrogen and oxygen atoms in total. The Hall–Kier alpha value is -1.64. The first-order chi connectivity index (χ1) is 10.7. The van der Waals surface area contributed by atoms with Crippen LogP contribution < -0.4 is 15.4 Å². The molecule has 1 unspecified atom stereocenters. The minimum atomic E-state index is -3.53. The first kappa shape index (κ1) is 19.4. The lowest BCUT2D eigenvalue weighted by Crippen LogP contribution is -2.36. The predicted molar refractivity (Wildman–Crippen MR) is 90.0 cm³/mol. The fourth-order valence-corrected chi connectivity index (χ4v) is 3.10. The lowest BCUT2D eigenvalue weighted by molar-refractivity contribution is 0.185. The summed E-state index contributed by atoms with van der Waals surface area (Å²) in [7, 11) is -1.92. The third kappa shape index (κ3) is 6.98. The molecule has 3 N–H and O–H groups in total. The molecule has 0 saturated heterocycles. The van der Waals surface area contributed by atoms with Crippen LogP contribution >= 0.6 is 0 Å². The van der Waals surface area contributed by atoms with Crippen molar-refractivity contribution in [1.82, 2.24) is 10.0 Å². The number of amides is 2. The van der Waals surface area contributed by atoms with Crippen LogP contribution in [-0.4, -0.2) is 40.2 Å². The van der Waals surface area contributed by atoms with Crippen molar-refractivity contribution in [1.29, 1.82) is 0 Å². The van der Waals surface area contributed by atoms with Crippen molar-refractivity contribution in [2.45, 2.75) is 44.2 Å². The summed E-state index contributed by atoms with van der Waals surface area (Å²) in [6.07, 6.45) is 0.710. The van der Waals surface area contributed by atoms with Crippen LogP contribution in [0.3, 0.4) is 0 Å². The molecule has 0 aliphatic carbocycles. The topological polar surface area (TPSA) is 96.5 Å². The molecule has 0 radical (unpaired) electrons. The largest absolute Gasteiger partial charge is 0.385 e. The van der Waals surface area contributed by atoms with Crippen LogP contribution in [0.25, 0.3) is 0 Å². The number of urea groups is 1. The highest BCUT2D eigenvalue weighted by atomic mass is 32.2. The summed E-state index contributed by atoms with van der Waals surface area (Å²) in [6.45, 7) is 5.95. The van der Waals surface area contributed by atoms with E-state index in [1.54, 1.807) is 33.1 Å². The Labute approximate surface area is 137 Å². The maximum Gasteiger partial charge on any atom is 0.319 e.